The first-order chi connectivity index (χ1) is 8.73. The zero-order chi connectivity index (χ0) is 14.3. The molecule has 1 aromatic rings. The van der Waals surface area contributed by atoms with Gasteiger partial charge in [-0.2, -0.15) is 4.31 Å². The fourth-order valence-corrected chi connectivity index (χ4v) is 4.56. The Morgan fingerprint density at radius 3 is 2.42 bits per heavy atom. The molecule has 4 nitrogen and oxygen atoms in total. The van der Waals surface area contributed by atoms with Crippen molar-refractivity contribution in [2.24, 2.45) is 0 Å². The highest BCUT2D eigenvalue weighted by Gasteiger charge is 2.42. The standard InChI is InChI=1S/C13H18BrNO3S/c1-13(2,16)12-4-3-9-15(12)19(17,18)11-7-5-10(14)6-8-11/h5-8,12,16H,3-4,9H2,1-2H3. The van der Waals surface area contributed by atoms with E-state index < -0.39 is 15.6 Å². The van der Waals surface area contributed by atoms with E-state index in [1.54, 1.807) is 38.1 Å². The lowest BCUT2D eigenvalue weighted by Crippen LogP contribution is -2.48. The van der Waals surface area contributed by atoms with Crippen molar-refractivity contribution in [3.63, 3.8) is 0 Å². The Kier molecular flexibility index (Phi) is 4.07. The minimum absolute atomic E-state index is 0.270. The average molecular weight is 348 g/mol. The van der Waals surface area contributed by atoms with Crippen molar-refractivity contribution in [2.75, 3.05) is 6.54 Å². The third kappa shape index (κ3) is 3.02. The lowest BCUT2D eigenvalue weighted by molar-refractivity contribution is 0.0215. The van der Waals surface area contributed by atoms with Crippen LogP contribution in [-0.2, 0) is 10.0 Å². The molecule has 1 heterocycles. The maximum atomic E-state index is 12.6. The summed E-state index contributed by atoms with van der Waals surface area (Å²) in [5, 5.41) is 10.1. The highest BCUT2D eigenvalue weighted by molar-refractivity contribution is 9.10. The van der Waals surface area contributed by atoms with Crippen LogP contribution in [0.3, 0.4) is 0 Å². The molecule has 0 aromatic heterocycles. The predicted molar refractivity (Wildman–Crippen MR) is 77.4 cm³/mol. The first-order valence-electron chi connectivity index (χ1n) is 6.23. The molecule has 1 saturated heterocycles. The summed E-state index contributed by atoms with van der Waals surface area (Å²) in [5.41, 5.74) is -1.03. The van der Waals surface area contributed by atoms with Crippen molar-refractivity contribution in [2.45, 2.75) is 43.2 Å². The Bertz CT molecular complexity index is 548. The van der Waals surface area contributed by atoms with Crippen LogP contribution >= 0.6 is 15.9 Å². The van der Waals surface area contributed by atoms with Crippen molar-refractivity contribution in [3.05, 3.63) is 28.7 Å². The molecule has 1 N–H and O–H groups in total. The van der Waals surface area contributed by atoms with Crippen molar-refractivity contribution >= 4 is 26.0 Å². The molecule has 1 fully saturated rings. The number of hydrogen-bond donors (Lipinski definition) is 1. The number of sulfonamides is 1. The Morgan fingerprint density at radius 2 is 1.89 bits per heavy atom. The van der Waals surface area contributed by atoms with Gasteiger partial charge in [0.15, 0.2) is 0 Å². The molecule has 1 aliphatic heterocycles. The second-order valence-electron chi connectivity index (χ2n) is 5.38. The molecule has 1 aliphatic rings. The third-order valence-corrected chi connectivity index (χ3v) is 5.89. The molecule has 6 heteroatoms. The molecule has 0 radical (unpaired) electrons. The van der Waals surface area contributed by atoms with Crippen LogP contribution < -0.4 is 0 Å². The summed E-state index contributed by atoms with van der Waals surface area (Å²) in [4.78, 5) is 0.270. The Labute approximate surface area is 122 Å². The first kappa shape index (κ1) is 15.0. The zero-order valence-corrected chi connectivity index (χ0v) is 13.4. The van der Waals surface area contributed by atoms with Gasteiger partial charge in [0.2, 0.25) is 10.0 Å². The quantitative estimate of drug-likeness (QED) is 0.913. The van der Waals surface area contributed by atoms with E-state index in [0.29, 0.717) is 13.0 Å². The number of aliphatic hydroxyl groups is 1. The van der Waals surface area contributed by atoms with Crippen molar-refractivity contribution in [1.29, 1.82) is 0 Å². The molecule has 0 aliphatic carbocycles. The van der Waals surface area contributed by atoms with Crippen LogP contribution in [0.1, 0.15) is 26.7 Å². The van der Waals surface area contributed by atoms with E-state index in [2.05, 4.69) is 15.9 Å². The summed E-state index contributed by atoms with van der Waals surface area (Å²) in [7, 11) is -3.54. The predicted octanol–water partition coefficient (Wildman–Crippen LogP) is 2.37. The number of hydrogen-bond acceptors (Lipinski definition) is 3. The van der Waals surface area contributed by atoms with Gasteiger partial charge in [-0.1, -0.05) is 15.9 Å². The summed E-state index contributed by atoms with van der Waals surface area (Å²) in [6.07, 6.45) is 1.48. The summed E-state index contributed by atoms with van der Waals surface area (Å²) in [6.45, 7) is 3.78. The maximum absolute atomic E-state index is 12.6. The number of nitrogens with zero attached hydrogens (tertiary/aromatic N) is 1. The van der Waals surface area contributed by atoms with Crippen LogP contribution in [0.25, 0.3) is 0 Å². The van der Waals surface area contributed by atoms with Gasteiger partial charge in [0.1, 0.15) is 0 Å². The monoisotopic (exact) mass is 347 g/mol. The number of halogens is 1. The van der Waals surface area contributed by atoms with Crippen LogP contribution in [0.15, 0.2) is 33.6 Å². The highest BCUT2D eigenvalue weighted by Crippen LogP contribution is 2.32. The van der Waals surface area contributed by atoms with Gasteiger partial charge in [-0.15, -0.1) is 0 Å². The average Bonchev–Trinajstić information content (AvgIpc) is 2.78. The Morgan fingerprint density at radius 1 is 1.32 bits per heavy atom. The minimum atomic E-state index is -3.54. The van der Waals surface area contributed by atoms with E-state index >= 15 is 0 Å². The fourth-order valence-electron chi connectivity index (χ4n) is 2.48. The molecule has 0 amide bonds. The smallest absolute Gasteiger partial charge is 0.243 e. The molecule has 0 saturated carbocycles. The molecule has 1 atom stereocenters. The van der Waals surface area contributed by atoms with Gasteiger partial charge in [-0.25, -0.2) is 8.42 Å². The van der Waals surface area contributed by atoms with Crippen molar-refractivity contribution < 1.29 is 13.5 Å². The van der Waals surface area contributed by atoms with Gasteiger partial charge < -0.3 is 5.11 Å². The van der Waals surface area contributed by atoms with Crippen molar-refractivity contribution in [3.8, 4) is 0 Å². The molecular formula is C13H18BrNO3S. The number of benzene rings is 1. The van der Waals surface area contributed by atoms with Crippen LogP contribution in [0.2, 0.25) is 0 Å². The second-order valence-corrected chi connectivity index (χ2v) is 8.19. The normalized spacial score (nSPS) is 21.8. The second kappa shape index (κ2) is 5.16. The summed E-state index contributed by atoms with van der Waals surface area (Å²) in [5.74, 6) is 0. The van der Waals surface area contributed by atoms with Gasteiger partial charge in [0.05, 0.1) is 16.5 Å². The summed E-state index contributed by atoms with van der Waals surface area (Å²) < 4.78 is 27.5. The van der Waals surface area contributed by atoms with E-state index in [1.165, 1.54) is 4.31 Å². The van der Waals surface area contributed by atoms with Crippen LogP contribution in [0.4, 0.5) is 0 Å². The minimum Gasteiger partial charge on any atom is -0.389 e. The topological polar surface area (TPSA) is 57.6 Å². The maximum Gasteiger partial charge on any atom is 0.243 e. The Balaban J connectivity index is 2.37. The van der Waals surface area contributed by atoms with Crippen LogP contribution in [0, 0.1) is 0 Å². The van der Waals surface area contributed by atoms with E-state index in [9.17, 15) is 13.5 Å². The van der Waals surface area contributed by atoms with E-state index in [1.807, 2.05) is 0 Å². The van der Waals surface area contributed by atoms with Crippen LogP contribution in [-0.4, -0.2) is 36.0 Å². The third-order valence-electron chi connectivity index (χ3n) is 3.44. The SMILES string of the molecule is CC(C)(O)C1CCCN1S(=O)(=O)c1ccc(Br)cc1. The summed E-state index contributed by atoms with van der Waals surface area (Å²) in [6, 6.07) is 6.23. The van der Waals surface area contributed by atoms with E-state index in [-0.39, 0.29) is 10.9 Å². The van der Waals surface area contributed by atoms with E-state index in [0.717, 1.165) is 10.9 Å². The number of rotatable bonds is 3. The molecule has 1 aromatic carbocycles. The van der Waals surface area contributed by atoms with Gasteiger partial charge in [0, 0.05) is 11.0 Å². The molecule has 106 valence electrons. The first-order valence-corrected chi connectivity index (χ1v) is 8.46. The largest absolute Gasteiger partial charge is 0.389 e. The van der Waals surface area contributed by atoms with Crippen LogP contribution in [0.5, 0.6) is 0 Å². The lowest BCUT2D eigenvalue weighted by Gasteiger charge is -2.33. The zero-order valence-electron chi connectivity index (χ0n) is 11.0. The fraction of sp³-hybridized carbons (Fsp3) is 0.538. The van der Waals surface area contributed by atoms with Crippen molar-refractivity contribution in [1.82, 2.24) is 4.31 Å². The molecule has 2 rings (SSSR count). The molecular weight excluding hydrogens is 330 g/mol. The van der Waals surface area contributed by atoms with Gasteiger partial charge in [0.25, 0.3) is 0 Å². The van der Waals surface area contributed by atoms with Gasteiger partial charge >= 0.3 is 0 Å². The lowest BCUT2D eigenvalue weighted by atomic mass is 9.98. The highest BCUT2D eigenvalue weighted by atomic mass is 79.9. The van der Waals surface area contributed by atoms with E-state index in [4.69, 9.17) is 0 Å². The van der Waals surface area contributed by atoms with Gasteiger partial charge in [-0.05, 0) is 51.0 Å². The molecule has 19 heavy (non-hydrogen) atoms. The molecule has 1 unspecified atom stereocenters. The summed E-state index contributed by atoms with van der Waals surface area (Å²) >= 11 is 3.29. The molecule has 0 spiro atoms. The molecule has 0 bridgehead atoms. The Hall–Kier alpha value is -0.430. The van der Waals surface area contributed by atoms with Gasteiger partial charge in [-0.3, -0.25) is 0 Å².